The van der Waals surface area contributed by atoms with Gasteiger partial charge in [-0.15, -0.1) is 0 Å². The minimum absolute atomic E-state index is 0.106. The molecule has 220 valence electrons. The van der Waals surface area contributed by atoms with E-state index in [0.29, 0.717) is 11.1 Å². The average Bonchev–Trinajstić information content (AvgIpc) is 3.21. The van der Waals surface area contributed by atoms with Crippen molar-refractivity contribution in [2.45, 2.75) is 63.0 Å². The molecule has 3 N–H and O–H groups in total. The number of hydrogen-bond acceptors (Lipinski definition) is 4. The number of benzene rings is 3. The highest BCUT2D eigenvalue weighted by atomic mass is 35.5. The van der Waals surface area contributed by atoms with Crippen molar-refractivity contribution < 1.29 is 33.0 Å². The summed E-state index contributed by atoms with van der Waals surface area (Å²) in [5.74, 6) is -4.55. The first kappa shape index (κ1) is 29.8. The maximum Gasteiger partial charge on any atom is 0.348 e. The van der Waals surface area contributed by atoms with Crippen molar-refractivity contribution in [1.29, 1.82) is 0 Å². The zero-order chi connectivity index (χ0) is 30.6. The Kier molecular flexibility index (Phi) is 7.70. The van der Waals surface area contributed by atoms with Gasteiger partial charge in [0.1, 0.15) is 22.8 Å². The molecule has 0 aliphatic carbocycles. The number of halogens is 4. The van der Waals surface area contributed by atoms with Gasteiger partial charge in [-0.3, -0.25) is 9.59 Å². The number of aliphatic carboxylic acids is 1. The molecule has 0 radical (unpaired) electrons. The minimum atomic E-state index is -1.74. The number of rotatable bonds is 7. The number of amides is 2. The third-order valence-electron chi connectivity index (χ3n) is 8.57. The van der Waals surface area contributed by atoms with E-state index in [9.17, 15) is 23.9 Å². The Labute approximate surface area is 251 Å². The first-order valence-electron chi connectivity index (χ1n) is 13.5. The molecule has 5 rings (SSSR count). The molecule has 0 aromatic heterocycles. The molecule has 0 unspecified atom stereocenters. The molecule has 2 aliphatic rings. The summed E-state index contributed by atoms with van der Waals surface area (Å²) in [4.78, 5) is 40.1. The number of carboxylic acid groups (broad SMARTS) is 1. The van der Waals surface area contributed by atoms with E-state index in [0.717, 1.165) is 6.07 Å². The number of anilines is 1. The van der Waals surface area contributed by atoms with Crippen LogP contribution in [-0.4, -0.2) is 28.5 Å². The smallest absolute Gasteiger partial charge is 0.348 e. The summed E-state index contributed by atoms with van der Waals surface area (Å²) in [5.41, 5.74) is -1.73. The van der Waals surface area contributed by atoms with Crippen LogP contribution < -0.4 is 15.4 Å². The summed E-state index contributed by atoms with van der Waals surface area (Å²) in [6.45, 7) is 5.07. The first-order valence-corrected chi connectivity index (χ1v) is 14.2. The van der Waals surface area contributed by atoms with E-state index in [1.807, 2.05) is 0 Å². The second-order valence-electron chi connectivity index (χ2n) is 10.7. The van der Waals surface area contributed by atoms with Crippen LogP contribution in [0.2, 0.25) is 10.0 Å². The summed E-state index contributed by atoms with van der Waals surface area (Å²) in [5, 5.41) is 15.8. The van der Waals surface area contributed by atoms with Crippen molar-refractivity contribution in [3.63, 3.8) is 0 Å². The number of aryl methyl sites for hydroxylation is 1. The van der Waals surface area contributed by atoms with Gasteiger partial charge in [0.25, 0.3) is 0 Å². The van der Waals surface area contributed by atoms with Gasteiger partial charge in [-0.1, -0.05) is 43.1 Å². The molecular weight excluding hydrogens is 589 g/mol. The monoisotopic (exact) mass is 616 g/mol. The van der Waals surface area contributed by atoms with E-state index in [2.05, 4.69) is 10.6 Å². The van der Waals surface area contributed by atoms with Gasteiger partial charge in [0.15, 0.2) is 0 Å². The van der Waals surface area contributed by atoms with Crippen molar-refractivity contribution >= 4 is 46.7 Å². The maximum atomic E-state index is 15.1. The molecule has 7 nitrogen and oxygen atoms in total. The number of nitrogens with one attached hydrogen (secondary N) is 2. The molecule has 0 saturated carbocycles. The zero-order valence-corrected chi connectivity index (χ0v) is 24.5. The van der Waals surface area contributed by atoms with Gasteiger partial charge < -0.3 is 20.5 Å². The normalized spacial score (nSPS) is 21.6. The second kappa shape index (κ2) is 10.9. The molecule has 11 heteroatoms. The lowest BCUT2D eigenvalue weighted by Crippen LogP contribution is -2.57. The summed E-state index contributed by atoms with van der Waals surface area (Å²) >= 11 is 12.5. The van der Waals surface area contributed by atoms with Crippen LogP contribution in [0.3, 0.4) is 0 Å². The summed E-state index contributed by atoms with van der Waals surface area (Å²) in [7, 11) is 0. The Morgan fingerprint density at radius 1 is 1.07 bits per heavy atom. The maximum absolute atomic E-state index is 15.1. The van der Waals surface area contributed by atoms with Gasteiger partial charge in [-0.05, 0) is 78.9 Å². The highest BCUT2D eigenvalue weighted by molar-refractivity contribution is 6.31. The fourth-order valence-corrected chi connectivity index (χ4v) is 6.63. The van der Waals surface area contributed by atoms with Crippen LogP contribution in [0.5, 0.6) is 5.75 Å². The highest BCUT2D eigenvalue weighted by Gasteiger charge is 2.62. The summed E-state index contributed by atoms with van der Waals surface area (Å²) < 4.78 is 36.0. The fraction of sp³-hybridized carbons (Fsp3) is 0.323. The van der Waals surface area contributed by atoms with Crippen molar-refractivity contribution in [2.75, 3.05) is 5.32 Å². The van der Waals surface area contributed by atoms with Crippen LogP contribution in [-0.2, 0) is 19.8 Å². The van der Waals surface area contributed by atoms with Gasteiger partial charge in [-0.25, -0.2) is 13.6 Å². The third-order valence-corrected chi connectivity index (χ3v) is 9.09. The number of carbonyl (C=O) groups excluding carboxylic acids is 2. The molecule has 1 saturated heterocycles. The van der Waals surface area contributed by atoms with E-state index < -0.39 is 52.4 Å². The van der Waals surface area contributed by atoms with Crippen LogP contribution in [0.25, 0.3) is 0 Å². The van der Waals surface area contributed by atoms with Crippen LogP contribution in [0.15, 0.2) is 48.5 Å². The lowest BCUT2D eigenvalue weighted by atomic mass is 9.59. The van der Waals surface area contributed by atoms with Gasteiger partial charge in [-0.2, -0.15) is 0 Å². The topological polar surface area (TPSA) is 105 Å². The molecule has 2 amide bonds. The number of fused-ring (bicyclic) bond motifs is 2. The van der Waals surface area contributed by atoms with E-state index in [-0.39, 0.29) is 51.9 Å². The molecule has 0 bridgehead atoms. The number of ether oxygens (including phenoxy) is 1. The lowest BCUT2D eigenvalue weighted by Gasteiger charge is -2.47. The predicted molar refractivity (Wildman–Crippen MR) is 154 cm³/mol. The lowest BCUT2D eigenvalue weighted by molar-refractivity contribution is -0.156. The summed E-state index contributed by atoms with van der Waals surface area (Å²) in [6, 6.07) is 9.85. The largest absolute Gasteiger partial charge is 0.478 e. The Hall–Kier alpha value is -3.69. The molecule has 2 aliphatic heterocycles. The van der Waals surface area contributed by atoms with Gasteiger partial charge in [0, 0.05) is 28.6 Å². The first-order chi connectivity index (χ1) is 19.9. The highest BCUT2D eigenvalue weighted by Crippen LogP contribution is 2.59. The quantitative estimate of drug-likeness (QED) is 0.270. The number of carbonyl (C=O) groups is 3. The molecule has 1 spiro atoms. The van der Waals surface area contributed by atoms with E-state index >= 15 is 4.39 Å². The number of carboxylic acids is 1. The van der Waals surface area contributed by atoms with E-state index in [1.54, 1.807) is 20.8 Å². The van der Waals surface area contributed by atoms with E-state index in [4.69, 9.17) is 27.9 Å². The van der Waals surface area contributed by atoms with E-state index in [1.165, 1.54) is 42.5 Å². The Morgan fingerprint density at radius 3 is 2.45 bits per heavy atom. The molecular formula is C31H28Cl2F2N2O5. The second-order valence-corrected chi connectivity index (χ2v) is 11.5. The minimum Gasteiger partial charge on any atom is -0.478 e. The number of hydrogen-bond donors (Lipinski definition) is 3. The van der Waals surface area contributed by atoms with Crippen molar-refractivity contribution in [2.24, 2.45) is 0 Å². The van der Waals surface area contributed by atoms with Crippen molar-refractivity contribution in [1.82, 2.24) is 5.32 Å². The van der Waals surface area contributed by atoms with Crippen molar-refractivity contribution in [3.05, 3.63) is 92.5 Å². The molecule has 2 heterocycles. The zero-order valence-electron chi connectivity index (χ0n) is 23.0. The van der Waals surface area contributed by atoms with Crippen LogP contribution in [0.1, 0.15) is 67.3 Å². The van der Waals surface area contributed by atoms with Crippen molar-refractivity contribution in [3.8, 4) is 5.75 Å². The van der Waals surface area contributed by atoms with Gasteiger partial charge in [0.05, 0.1) is 11.1 Å². The third kappa shape index (κ3) is 4.59. The standard InChI is InChI=1S/C31H28Cl2F2N2O5/c1-4-30(5-2,29(40)41)42-25-9-7-16(32)10-19(25)20-13-26(38)37-27(18-11-17(34)8-6-15(18)3)31(20)21-12-23(35)22(33)14-24(21)36-28(31)39/h6-12,14,20,27H,4-5,13H2,1-3H3,(H,36,39)(H,37,38)(H,40,41)/t20-,27+,31+/m1/s1. The van der Waals surface area contributed by atoms with Crippen LogP contribution in [0.4, 0.5) is 14.5 Å². The average molecular weight is 617 g/mol. The number of piperidine rings is 1. The molecule has 3 aromatic carbocycles. The molecule has 3 aromatic rings. The predicted octanol–water partition coefficient (Wildman–Crippen LogP) is 6.84. The van der Waals surface area contributed by atoms with Crippen LogP contribution >= 0.6 is 23.2 Å². The SMILES string of the molecule is CCC(CC)(Oc1ccc(Cl)cc1[C@H]1CC(=O)N[C@@H](c2cc(F)ccc2C)[C@]12C(=O)Nc1cc(Cl)c(F)cc12)C(=O)O. The fourth-order valence-electron chi connectivity index (χ4n) is 6.29. The van der Waals surface area contributed by atoms with Gasteiger partial charge in [0.2, 0.25) is 17.4 Å². The Bertz CT molecular complexity index is 1630. The molecule has 42 heavy (non-hydrogen) atoms. The van der Waals surface area contributed by atoms with Crippen LogP contribution in [0, 0.1) is 18.6 Å². The summed E-state index contributed by atoms with van der Waals surface area (Å²) in [6.07, 6.45) is -0.0261. The molecule has 1 fully saturated rings. The molecule has 3 atom stereocenters. The Morgan fingerprint density at radius 2 is 1.79 bits per heavy atom. The Balaban J connectivity index is 1.84. The van der Waals surface area contributed by atoms with Gasteiger partial charge >= 0.3 is 5.97 Å².